The lowest BCUT2D eigenvalue weighted by atomic mass is 9.91. The third kappa shape index (κ3) is 4.22. The van der Waals surface area contributed by atoms with E-state index in [1.165, 1.54) is 0 Å². The van der Waals surface area contributed by atoms with Gasteiger partial charge in [0.25, 0.3) is 5.56 Å². The van der Waals surface area contributed by atoms with E-state index in [2.05, 4.69) is 10.4 Å². The molecular formula is C19H24ClN3O2. The van der Waals surface area contributed by atoms with Crippen LogP contribution in [0, 0.1) is 6.92 Å². The molecule has 0 aliphatic heterocycles. The average Bonchev–Trinajstić information content (AvgIpc) is 2.63. The van der Waals surface area contributed by atoms with Crippen molar-refractivity contribution in [1.29, 1.82) is 0 Å². The van der Waals surface area contributed by atoms with Gasteiger partial charge in [0.05, 0.1) is 23.9 Å². The van der Waals surface area contributed by atoms with Crippen LogP contribution in [-0.4, -0.2) is 22.9 Å². The first-order chi connectivity index (χ1) is 12.1. The highest BCUT2D eigenvalue weighted by Gasteiger charge is 2.23. The van der Waals surface area contributed by atoms with Crippen molar-refractivity contribution in [1.82, 2.24) is 15.1 Å². The number of nitrogens with one attached hydrogen (secondary N) is 1. The third-order valence-corrected chi connectivity index (χ3v) is 5.27. The highest BCUT2D eigenvalue weighted by Crippen LogP contribution is 2.29. The molecule has 0 unspecified atom stereocenters. The van der Waals surface area contributed by atoms with Crippen molar-refractivity contribution in [3.63, 3.8) is 0 Å². The van der Waals surface area contributed by atoms with Crippen LogP contribution in [0.3, 0.4) is 0 Å². The first kappa shape index (κ1) is 18.0. The van der Waals surface area contributed by atoms with Crippen molar-refractivity contribution >= 4 is 11.6 Å². The molecule has 0 bridgehead atoms. The predicted molar refractivity (Wildman–Crippen MR) is 99.4 cm³/mol. The number of rotatable bonds is 5. The number of aryl methyl sites for hydroxylation is 1. The minimum Gasteiger partial charge on any atom is -0.495 e. The van der Waals surface area contributed by atoms with E-state index in [4.69, 9.17) is 16.3 Å². The van der Waals surface area contributed by atoms with E-state index in [-0.39, 0.29) is 11.6 Å². The van der Waals surface area contributed by atoms with Gasteiger partial charge in [-0.3, -0.25) is 4.79 Å². The standard InChI is InChI=1S/C19H24ClN3O2/c1-13-6-11-18(24)23(22-13)16-9-7-15(8-10-16)21-12-14-4-3-5-17(25-2)19(14)20/h3-6,11,15-16,21H,7-10,12H2,1-2H3. The van der Waals surface area contributed by atoms with Gasteiger partial charge in [0.2, 0.25) is 0 Å². The number of ether oxygens (including phenoxy) is 1. The Morgan fingerprint density at radius 1 is 1.24 bits per heavy atom. The zero-order valence-corrected chi connectivity index (χ0v) is 15.4. The van der Waals surface area contributed by atoms with Crippen molar-refractivity contribution in [3.05, 3.63) is 57.0 Å². The molecule has 5 nitrogen and oxygen atoms in total. The minimum absolute atomic E-state index is 0.00910. The van der Waals surface area contributed by atoms with Crippen molar-refractivity contribution in [3.8, 4) is 5.75 Å². The van der Waals surface area contributed by atoms with Gasteiger partial charge in [-0.05, 0) is 50.3 Å². The van der Waals surface area contributed by atoms with Crippen LogP contribution in [0.15, 0.2) is 35.1 Å². The first-order valence-corrected chi connectivity index (χ1v) is 9.07. The zero-order chi connectivity index (χ0) is 17.8. The van der Waals surface area contributed by atoms with Gasteiger partial charge < -0.3 is 10.1 Å². The lowest BCUT2D eigenvalue weighted by Crippen LogP contribution is -2.36. The molecule has 1 heterocycles. The fourth-order valence-electron chi connectivity index (χ4n) is 3.41. The summed E-state index contributed by atoms with van der Waals surface area (Å²) in [5.41, 5.74) is 1.91. The second kappa shape index (κ2) is 8.02. The van der Waals surface area contributed by atoms with Crippen molar-refractivity contribution in [2.45, 2.75) is 51.2 Å². The average molecular weight is 362 g/mol. The molecule has 0 radical (unpaired) electrons. The summed E-state index contributed by atoms with van der Waals surface area (Å²) in [5.74, 6) is 0.703. The molecule has 0 saturated heterocycles. The summed E-state index contributed by atoms with van der Waals surface area (Å²) in [5, 5.41) is 8.65. The summed E-state index contributed by atoms with van der Waals surface area (Å²) < 4.78 is 6.92. The van der Waals surface area contributed by atoms with Gasteiger partial charge in [0.15, 0.2) is 0 Å². The molecule has 6 heteroatoms. The molecule has 3 rings (SSSR count). The fraction of sp³-hybridized carbons (Fsp3) is 0.474. The summed E-state index contributed by atoms with van der Waals surface area (Å²) in [6.45, 7) is 2.63. The SMILES string of the molecule is COc1cccc(CNC2CCC(n3nc(C)ccc3=O)CC2)c1Cl. The molecule has 1 aromatic carbocycles. The smallest absolute Gasteiger partial charge is 0.267 e. The normalized spacial score (nSPS) is 20.4. The molecule has 0 amide bonds. The van der Waals surface area contributed by atoms with Crippen molar-refractivity contribution in [2.24, 2.45) is 0 Å². The zero-order valence-electron chi connectivity index (χ0n) is 14.7. The molecular weight excluding hydrogens is 338 g/mol. The van der Waals surface area contributed by atoms with E-state index in [0.29, 0.717) is 23.4 Å². The topological polar surface area (TPSA) is 56.1 Å². The minimum atomic E-state index is -0.00910. The van der Waals surface area contributed by atoms with Crippen LogP contribution in [0.5, 0.6) is 5.75 Å². The van der Waals surface area contributed by atoms with Crippen LogP contribution in [-0.2, 0) is 6.54 Å². The van der Waals surface area contributed by atoms with E-state index < -0.39 is 0 Å². The summed E-state index contributed by atoms with van der Waals surface area (Å²) in [4.78, 5) is 12.0. The van der Waals surface area contributed by atoms with Crippen molar-refractivity contribution < 1.29 is 4.74 Å². The predicted octanol–water partition coefficient (Wildman–Crippen LogP) is 3.49. The van der Waals surface area contributed by atoms with Crippen LogP contribution in [0.4, 0.5) is 0 Å². The molecule has 134 valence electrons. The number of nitrogens with zero attached hydrogens (tertiary/aromatic N) is 2. The summed E-state index contributed by atoms with van der Waals surface area (Å²) in [6.07, 6.45) is 3.96. The molecule has 1 aliphatic rings. The number of aromatic nitrogens is 2. The first-order valence-electron chi connectivity index (χ1n) is 8.69. The molecule has 2 aromatic rings. The van der Waals surface area contributed by atoms with Gasteiger partial charge in [0.1, 0.15) is 5.75 Å². The maximum Gasteiger partial charge on any atom is 0.267 e. The number of methoxy groups -OCH3 is 1. The van der Waals surface area contributed by atoms with E-state index in [1.54, 1.807) is 23.9 Å². The highest BCUT2D eigenvalue weighted by atomic mass is 35.5. The highest BCUT2D eigenvalue weighted by molar-refractivity contribution is 6.32. The fourth-order valence-corrected chi connectivity index (χ4v) is 3.68. The Morgan fingerprint density at radius 3 is 2.72 bits per heavy atom. The summed E-state index contributed by atoms with van der Waals surface area (Å²) in [6, 6.07) is 9.84. The number of benzene rings is 1. The molecule has 1 N–H and O–H groups in total. The molecule has 1 fully saturated rings. The van der Waals surface area contributed by atoms with Gasteiger partial charge in [-0.15, -0.1) is 0 Å². The van der Waals surface area contributed by atoms with Crippen LogP contribution < -0.4 is 15.6 Å². The van der Waals surface area contributed by atoms with E-state index in [9.17, 15) is 4.79 Å². The lowest BCUT2D eigenvalue weighted by Gasteiger charge is -2.30. The summed E-state index contributed by atoms with van der Waals surface area (Å²) in [7, 11) is 1.63. The van der Waals surface area contributed by atoms with Crippen molar-refractivity contribution in [2.75, 3.05) is 7.11 Å². The quantitative estimate of drug-likeness (QED) is 0.885. The van der Waals surface area contributed by atoms with E-state index >= 15 is 0 Å². The maximum atomic E-state index is 12.0. The molecule has 0 atom stereocenters. The van der Waals surface area contributed by atoms with Crippen LogP contribution in [0.2, 0.25) is 5.02 Å². The van der Waals surface area contributed by atoms with Gasteiger partial charge >= 0.3 is 0 Å². The van der Waals surface area contributed by atoms with Gasteiger partial charge in [-0.2, -0.15) is 5.10 Å². The molecule has 1 aromatic heterocycles. The van der Waals surface area contributed by atoms with Crippen LogP contribution >= 0.6 is 11.6 Å². The second-order valence-corrected chi connectivity index (χ2v) is 6.96. The Hall–Kier alpha value is -1.85. The molecule has 25 heavy (non-hydrogen) atoms. The Kier molecular flexibility index (Phi) is 5.76. The summed E-state index contributed by atoms with van der Waals surface area (Å²) >= 11 is 6.35. The Balaban J connectivity index is 1.56. The largest absolute Gasteiger partial charge is 0.495 e. The van der Waals surface area contributed by atoms with E-state index in [1.807, 2.05) is 25.1 Å². The molecule has 1 aliphatic carbocycles. The lowest BCUT2D eigenvalue weighted by molar-refractivity contribution is 0.268. The van der Waals surface area contributed by atoms with Gasteiger partial charge in [-0.1, -0.05) is 23.7 Å². The molecule has 0 spiro atoms. The number of hydrogen-bond acceptors (Lipinski definition) is 4. The number of hydrogen-bond donors (Lipinski definition) is 1. The van der Waals surface area contributed by atoms with Crippen LogP contribution in [0.25, 0.3) is 0 Å². The van der Waals surface area contributed by atoms with Crippen LogP contribution in [0.1, 0.15) is 43.0 Å². The Bertz CT molecular complexity index is 782. The van der Waals surface area contributed by atoms with E-state index in [0.717, 1.165) is 36.9 Å². The Labute approximate surface area is 153 Å². The number of halogens is 1. The molecule has 1 saturated carbocycles. The monoisotopic (exact) mass is 361 g/mol. The maximum absolute atomic E-state index is 12.0. The third-order valence-electron chi connectivity index (χ3n) is 4.85. The Morgan fingerprint density at radius 2 is 2.00 bits per heavy atom. The van der Waals surface area contributed by atoms with Gasteiger partial charge in [-0.25, -0.2) is 4.68 Å². The van der Waals surface area contributed by atoms with Gasteiger partial charge in [0, 0.05) is 18.7 Å². The second-order valence-electron chi connectivity index (χ2n) is 6.58.